The van der Waals surface area contributed by atoms with E-state index in [1.807, 2.05) is 0 Å². The van der Waals surface area contributed by atoms with Gasteiger partial charge in [-0.25, -0.2) is 0 Å². The molecule has 1 aliphatic rings. The molecule has 1 aliphatic carbocycles. The molecule has 1 saturated carbocycles. The lowest BCUT2D eigenvalue weighted by Crippen LogP contribution is -2.37. The number of anilines is 1. The highest BCUT2D eigenvalue weighted by atomic mass is 16.2. The van der Waals surface area contributed by atoms with Crippen molar-refractivity contribution >= 4 is 17.5 Å². The van der Waals surface area contributed by atoms with Crippen LogP contribution in [-0.4, -0.2) is 17.9 Å². The maximum Gasteiger partial charge on any atom is 0.251 e. The third kappa shape index (κ3) is 4.08. The van der Waals surface area contributed by atoms with Gasteiger partial charge >= 0.3 is 0 Å². The van der Waals surface area contributed by atoms with Crippen LogP contribution in [0.25, 0.3) is 0 Å². The molecule has 4 heteroatoms. The van der Waals surface area contributed by atoms with E-state index in [2.05, 4.69) is 17.6 Å². The Morgan fingerprint density at radius 3 is 2.75 bits per heavy atom. The molecule has 0 aliphatic heterocycles. The minimum atomic E-state index is -0.135. The highest BCUT2D eigenvalue weighted by Gasteiger charge is 2.20. The number of rotatable bonds is 3. The number of hydrogen-bond acceptors (Lipinski definition) is 2. The van der Waals surface area contributed by atoms with Gasteiger partial charge in [0, 0.05) is 24.2 Å². The topological polar surface area (TPSA) is 58.2 Å². The minimum Gasteiger partial charge on any atom is -0.349 e. The van der Waals surface area contributed by atoms with Crippen molar-refractivity contribution in [2.45, 2.75) is 45.6 Å². The van der Waals surface area contributed by atoms with Gasteiger partial charge in [0.2, 0.25) is 5.91 Å². The Hall–Kier alpha value is -1.84. The average molecular weight is 274 g/mol. The van der Waals surface area contributed by atoms with Crippen molar-refractivity contribution in [1.82, 2.24) is 5.32 Å². The summed E-state index contributed by atoms with van der Waals surface area (Å²) < 4.78 is 0. The molecule has 2 rings (SSSR count). The van der Waals surface area contributed by atoms with Crippen molar-refractivity contribution in [3.8, 4) is 0 Å². The molecule has 108 valence electrons. The number of hydrogen-bond donors (Lipinski definition) is 2. The lowest BCUT2D eigenvalue weighted by Gasteiger charge is -2.27. The SMILES string of the molecule is CC(=O)Nc1cccc(C(=O)NC2CCCC(C)C2)c1. The second kappa shape index (κ2) is 6.55. The molecule has 4 nitrogen and oxygen atoms in total. The van der Waals surface area contributed by atoms with Crippen LogP contribution in [-0.2, 0) is 4.79 Å². The summed E-state index contributed by atoms with van der Waals surface area (Å²) in [7, 11) is 0. The molecule has 20 heavy (non-hydrogen) atoms. The molecule has 0 bridgehead atoms. The van der Waals surface area contributed by atoms with Gasteiger partial charge in [-0.1, -0.05) is 25.8 Å². The summed E-state index contributed by atoms with van der Waals surface area (Å²) in [5, 5.41) is 5.79. The Morgan fingerprint density at radius 2 is 2.05 bits per heavy atom. The molecule has 0 heterocycles. The molecular weight excluding hydrogens is 252 g/mol. The van der Waals surface area contributed by atoms with Crippen molar-refractivity contribution in [3.63, 3.8) is 0 Å². The Morgan fingerprint density at radius 1 is 1.25 bits per heavy atom. The monoisotopic (exact) mass is 274 g/mol. The fraction of sp³-hybridized carbons (Fsp3) is 0.500. The molecule has 2 unspecified atom stereocenters. The summed E-state index contributed by atoms with van der Waals surface area (Å²) in [5.41, 5.74) is 1.25. The van der Waals surface area contributed by atoms with E-state index in [-0.39, 0.29) is 17.9 Å². The second-order valence-corrected chi connectivity index (χ2v) is 5.70. The van der Waals surface area contributed by atoms with E-state index in [1.54, 1.807) is 24.3 Å². The van der Waals surface area contributed by atoms with E-state index < -0.39 is 0 Å². The minimum absolute atomic E-state index is 0.0590. The van der Waals surface area contributed by atoms with Crippen LogP contribution < -0.4 is 10.6 Å². The molecule has 0 aromatic heterocycles. The molecule has 2 amide bonds. The first kappa shape index (κ1) is 14.6. The zero-order valence-electron chi connectivity index (χ0n) is 12.1. The third-order valence-corrected chi connectivity index (χ3v) is 3.72. The van der Waals surface area contributed by atoms with Gasteiger partial charge in [0.25, 0.3) is 5.91 Å². The van der Waals surface area contributed by atoms with Crippen molar-refractivity contribution in [2.24, 2.45) is 5.92 Å². The van der Waals surface area contributed by atoms with E-state index >= 15 is 0 Å². The standard InChI is InChI=1S/C16H22N2O2/c1-11-5-3-7-14(9-11)18-16(20)13-6-4-8-15(10-13)17-12(2)19/h4,6,8,10-11,14H,3,5,7,9H2,1-2H3,(H,17,19)(H,18,20). The van der Waals surface area contributed by atoms with Gasteiger partial charge in [-0.2, -0.15) is 0 Å². The number of carbonyl (C=O) groups is 2. The van der Waals surface area contributed by atoms with Crippen molar-refractivity contribution in [2.75, 3.05) is 5.32 Å². The number of benzene rings is 1. The van der Waals surface area contributed by atoms with Gasteiger partial charge in [0.15, 0.2) is 0 Å². The summed E-state index contributed by atoms with van der Waals surface area (Å²) in [4.78, 5) is 23.3. The van der Waals surface area contributed by atoms with Gasteiger partial charge in [-0.05, 0) is 37.0 Å². The Kier molecular flexibility index (Phi) is 4.77. The summed E-state index contributed by atoms with van der Waals surface area (Å²) >= 11 is 0. The van der Waals surface area contributed by atoms with Crippen LogP contribution in [0.5, 0.6) is 0 Å². The fourth-order valence-corrected chi connectivity index (χ4v) is 2.78. The predicted molar refractivity (Wildman–Crippen MR) is 79.6 cm³/mol. The molecule has 2 atom stereocenters. The van der Waals surface area contributed by atoms with E-state index in [9.17, 15) is 9.59 Å². The van der Waals surface area contributed by atoms with Crippen LogP contribution >= 0.6 is 0 Å². The van der Waals surface area contributed by atoms with Gasteiger partial charge in [0.05, 0.1) is 0 Å². The van der Waals surface area contributed by atoms with Gasteiger partial charge in [-0.3, -0.25) is 9.59 Å². The first-order valence-electron chi connectivity index (χ1n) is 7.23. The maximum absolute atomic E-state index is 12.2. The highest BCUT2D eigenvalue weighted by Crippen LogP contribution is 2.23. The molecule has 2 N–H and O–H groups in total. The number of nitrogens with one attached hydrogen (secondary N) is 2. The number of carbonyl (C=O) groups excluding carboxylic acids is 2. The number of amides is 2. The molecule has 1 fully saturated rings. The van der Waals surface area contributed by atoms with Crippen LogP contribution in [0.2, 0.25) is 0 Å². The molecular formula is C16H22N2O2. The normalized spacial score (nSPS) is 22.1. The quantitative estimate of drug-likeness (QED) is 0.890. The Bertz CT molecular complexity index is 499. The van der Waals surface area contributed by atoms with Gasteiger partial charge in [-0.15, -0.1) is 0 Å². The van der Waals surface area contributed by atoms with E-state index in [0.29, 0.717) is 17.2 Å². The van der Waals surface area contributed by atoms with Gasteiger partial charge < -0.3 is 10.6 Å². The first-order valence-corrected chi connectivity index (χ1v) is 7.23. The largest absolute Gasteiger partial charge is 0.349 e. The van der Waals surface area contributed by atoms with Gasteiger partial charge in [0.1, 0.15) is 0 Å². The zero-order valence-corrected chi connectivity index (χ0v) is 12.1. The van der Waals surface area contributed by atoms with Crippen LogP contribution in [0.15, 0.2) is 24.3 Å². The van der Waals surface area contributed by atoms with Crippen LogP contribution in [0.1, 0.15) is 49.9 Å². The van der Waals surface area contributed by atoms with Crippen molar-refractivity contribution < 1.29 is 9.59 Å². The van der Waals surface area contributed by atoms with Crippen LogP contribution in [0.3, 0.4) is 0 Å². The molecule has 1 aromatic rings. The summed E-state index contributed by atoms with van der Waals surface area (Å²) in [5.74, 6) is 0.486. The first-order chi connectivity index (χ1) is 9.54. The smallest absolute Gasteiger partial charge is 0.251 e. The molecule has 0 radical (unpaired) electrons. The maximum atomic E-state index is 12.2. The van der Waals surface area contributed by atoms with E-state index in [0.717, 1.165) is 12.8 Å². The Balaban J connectivity index is 1.99. The summed E-state index contributed by atoms with van der Waals surface area (Å²) in [6.07, 6.45) is 4.54. The molecule has 0 spiro atoms. The highest BCUT2D eigenvalue weighted by molar-refractivity contribution is 5.96. The average Bonchev–Trinajstić information content (AvgIpc) is 2.38. The van der Waals surface area contributed by atoms with Crippen LogP contribution in [0, 0.1) is 5.92 Å². The zero-order chi connectivity index (χ0) is 14.5. The van der Waals surface area contributed by atoms with E-state index in [1.165, 1.54) is 19.8 Å². The van der Waals surface area contributed by atoms with Crippen molar-refractivity contribution in [3.05, 3.63) is 29.8 Å². The third-order valence-electron chi connectivity index (χ3n) is 3.72. The fourth-order valence-electron chi connectivity index (χ4n) is 2.78. The van der Waals surface area contributed by atoms with Crippen molar-refractivity contribution in [1.29, 1.82) is 0 Å². The molecule has 1 aromatic carbocycles. The second-order valence-electron chi connectivity index (χ2n) is 5.70. The van der Waals surface area contributed by atoms with E-state index in [4.69, 9.17) is 0 Å². The lowest BCUT2D eigenvalue weighted by molar-refractivity contribution is -0.114. The predicted octanol–water partition coefficient (Wildman–Crippen LogP) is 2.95. The Labute approximate surface area is 119 Å². The lowest BCUT2D eigenvalue weighted by atomic mass is 9.87. The summed E-state index contributed by atoms with van der Waals surface area (Å²) in [6.45, 7) is 3.69. The molecule has 0 saturated heterocycles. The van der Waals surface area contributed by atoms with Crippen LogP contribution in [0.4, 0.5) is 5.69 Å². The summed E-state index contributed by atoms with van der Waals surface area (Å²) in [6, 6.07) is 7.32.